The van der Waals surface area contributed by atoms with Crippen molar-refractivity contribution in [3.8, 4) is 11.4 Å². The number of benzene rings is 1. The van der Waals surface area contributed by atoms with Gasteiger partial charge in [0.15, 0.2) is 0 Å². The lowest BCUT2D eigenvalue weighted by Crippen LogP contribution is -2.35. The molecule has 0 saturated carbocycles. The molecule has 1 aliphatic rings. The van der Waals surface area contributed by atoms with Gasteiger partial charge in [-0.2, -0.15) is 4.98 Å². The van der Waals surface area contributed by atoms with Gasteiger partial charge in [0.05, 0.1) is 5.71 Å². The van der Waals surface area contributed by atoms with Crippen molar-refractivity contribution in [1.29, 1.82) is 0 Å². The Kier molecular flexibility index (Phi) is 5.10. The Hall–Kier alpha value is -2.41. The van der Waals surface area contributed by atoms with Gasteiger partial charge in [-0.1, -0.05) is 28.8 Å². The number of oxime groups is 1. The highest BCUT2D eigenvalue weighted by Crippen LogP contribution is 2.18. The molecule has 1 N–H and O–H groups in total. The number of hydrogen-bond donors (Lipinski definition) is 1. The molecular formula is C16H17ClN4O3. The van der Waals surface area contributed by atoms with Crippen molar-refractivity contribution in [1.82, 2.24) is 15.5 Å². The molecule has 2 aromatic rings. The summed E-state index contributed by atoms with van der Waals surface area (Å²) in [6.45, 7) is 2.37. The molecule has 1 amide bonds. The normalized spacial score (nSPS) is 16.6. The zero-order valence-electron chi connectivity index (χ0n) is 13.2. The van der Waals surface area contributed by atoms with Crippen molar-refractivity contribution in [3.63, 3.8) is 0 Å². The Morgan fingerprint density at radius 2 is 2.17 bits per heavy atom. The lowest BCUT2D eigenvalue weighted by atomic mass is 10.1. The zero-order chi connectivity index (χ0) is 16.9. The second-order valence-electron chi connectivity index (χ2n) is 5.37. The molecule has 7 nitrogen and oxygen atoms in total. The lowest BCUT2D eigenvalue weighted by molar-refractivity contribution is -0.131. The first-order valence-electron chi connectivity index (χ1n) is 7.73. The summed E-state index contributed by atoms with van der Waals surface area (Å²) in [5, 5.41) is 11.2. The number of carbonyl (C=O) groups is 1. The van der Waals surface area contributed by atoms with Gasteiger partial charge in [0.2, 0.25) is 17.8 Å². The number of rotatable bonds is 6. The fourth-order valence-electron chi connectivity index (χ4n) is 2.26. The maximum atomic E-state index is 12.0. The molecule has 1 atom stereocenters. The minimum absolute atomic E-state index is 0.181. The molecule has 1 unspecified atom stereocenters. The molecule has 3 rings (SSSR count). The first kappa shape index (κ1) is 16.4. The molecule has 0 fully saturated rings. The molecule has 24 heavy (non-hydrogen) atoms. The van der Waals surface area contributed by atoms with Crippen LogP contribution in [0.3, 0.4) is 0 Å². The fourth-order valence-corrected chi connectivity index (χ4v) is 2.38. The largest absolute Gasteiger partial charge is 0.382 e. The van der Waals surface area contributed by atoms with Crippen LogP contribution in [0.15, 0.2) is 33.9 Å². The highest BCUT2D eigenvalue weighted by molar-refractivity contribution is 6.30. The fraction of sp³-hybridized carbons (Fsp3) is 0.375. The van der Waals surface area contributed by atoms with Crippen LogP contribution in [-0.4, -0.2) is 34.4 Å². The average molecular weight is 349 g/mol. The van der Waals surface area contributed by atoms with Crippen molar-refractivity contribution in [2.75, 3.05) is 6.54 Å². The molecule has 1 aromatic heterocycles. The number of nitrogens with zero attached hydrogens (tertiary/aromatic N) is 3. The van der Waals surface area contributed by atoms with Gasteiger partial charge in [-0.25, -0.2) is 0 Å². The molecule has 0 spiro atoms. The van der Waals surface area contributed by atoms with Crippen LogP contribution < -0.4 is 5.32 Å². The van der Waals surface area contributed by atoms with Gasteiger partial charge in [-0.05, 0) is 30.7 Å². The monoisotopic (exact) mass is 348 g/mol. The number of carbonyl (C=O) groups excluding carboxylic acids is 1. The minimum atomic E-state index is -0.535. The summed E-state index contributed by atoms with van der Waals surface area (Å²) < 4.78 is 5.19. The Bertz CT molecular complexity index is 742. The zero-order valence-corrected chi connectivity index (χ0v) is 13.9. The Morgan fingerprint density at radius 3 is 2.88 bits per heavy atom. The first-order valence-corrected chi connectivity index (χ1v) is 8.11. The standard InChI is InChI=1S/C16H17ClN4O3/c1-2-12-9-13(23-20-12)16(22)18-8-7-14-19-15(21-24-14)10-3-5-11(17)6-4-10/h3-6,13H,2,7-9H2,1H3,(H,18,22). The molecule has 1 aliphatic heterocycles. The van der Waals surface area contributed by atoms with E-state index in [0.29, 0.717) is 36.1 Å². The SMILES string of the molecule is CCC1=NOC(C(=O)NCCc2nc(-c3ccc(Cl)cc3)no2)C1. The van der Waals surface area contributed by atoms with Gasteiger partial charge >= 0.3 is 0 Å². The van der Waals surface area contributed by atoms with E-state index in [1.807, 2.05) is 19.1 Å². The first-order chi connectivity index (χ1) is 11.7. The smallest absolute Gasteiger partial charge is 0.264 e. The van der Waals surface area contributed by atoms with Crippen LogP contribution in [0.5, 0.6) is 0 Å². The van der Waals surface area contributed by atoms with E-state index in [-0.39, 0.29) is 5.91 Å². The van der Waals surface area contributed by atoms with Crippen molar-refractivity contribution in [2.24, 2.45) is 5.16 Å². The summed E-state index contributed by atoms with van der Waals surface area (Å²) in [5.41, 5.74) is 1.72. The number of halogens is 1. The van der Waals surface area contributed by atoms with Crippen LogP contribution >= 0.6 is 11.6 Å². The maximum Gasteiger partial charge on any atom is 0.264 e. The lowest BCUT2D eigenvalue weighted by Gasteiger charge is -2.08. The Balaban J connectivity index is 1.47. The predicted octanol–water partition coefficient (Wildman–Crippen LogP) is 2.60. The molecule has 8 heteroatoms. The van der Waals surface area contributed by atoms with Crippen LogP contribution in [0.4, 0.5) is 0 Å². The van der Waals surface area contributed by atoms with Crippen LogP contribution in [-0.2, 0) is 16.1 Å². The predicted molar refractivity (Wildman–Crippen MR) is 88.7 cm³/mol. The third kappa shape index (κ3) is 3.91. The second kappa shape index (κ2) is 7.44. The summed E-state index contributed by atoms with van der Waals surface area (Å²) in [6.07, 6.45) is 1.25. The van der Waals surface area contributed by atoms with E-state index >= 15 is 0 Å². The molecule has 0 radical (unpaired) electrons. The molecule has 0 aliphatic carbocycles. The van der Waals surface area contributed by atoms with Crippen molar-refractivity contribution in [2.45, 2.75) is 32.3 Å². The number of nitrogens with one attached hydrogen (secondary N) is 1. The molecule has 0 saturated heterocycles. The Morgan fingerprint density at radius 1 is 1.38 bits per heavy atom. The third-order valence-electron chi connectivity index (χ3n) is 3.64. The number of hydrogen-bond acceptors (Lipinski definition) is 6. The second-order valence-corrected chi connectivity index (χ2v) is 5.81. The van der Waals surface area contributed by atoms with Crippen molar-refractivity contribution in [3.05, 3.63) is 35.2 Å². The Labute approximate surface area is 144 Å². The van der Waals surface area contributed by atoms with E-state index in [9.17, 15) is 4.79 Å². The average Bonchev–Trinajstić information content (AvgIpc) is 3.24. The summed E-state index contributed by atoms with van der Waals surface area (Å²) in [4.78, 5) is 21.4. The van der Waals surface area contributed by atoms with Gasteiger partial charge in [-0.3, -0.25) is 4.79 Å². The molecule has 0 bridgehead atoms. The highest BCUT2D eigenvalue weighted by Gasteiger charge is 2.26. The third-order valence-corrected chi connectivity index (χ3v) is 3.89. The van der Waals surface area contributed by atoms with Crippen LogP contribution in [0.25, 0.3) is 11.4 Å². The van der Waals surface area contributed by atoms with Gasteiger partial charge in [0, 0.05) is 30.0 Å². The molecule has 1 aromatic carbocycles. The topological polar surface area (TPSA) is 89.6 Å². The van der Waals surface area contributed by atoms with Gasteiger partial charge in [0.1, 0.15) is 0 Å². The van der Waals surface area contributed by atoms with E-state index in [1.165, 1.54) is 0 Å². The van der Waals surface area contributed by atoms with E-state index in [2.05, 4.69) is 20.6 Å². The molecule has 126 valence electrons. The quantitative estimate of drug-likeness (QED) is 0.866. The minimum Gasteiger partial charge on any atom is -0.382 e. The highest BCUT2D eigenvalue weighted by atomic mass is 35.5. The van der Waals surface area contributed by atoms with Crippen LogP contribution in [0, 0.1) is 0 Å². The van der Waals surface area contributed by atoms with Gasteiger partial charge in [0.25, 0.3) is 5.91 Å². The summed E-state index contributed by atoms with van der Waals surface area (Å²) in [6, 6.07) is 7.17. The van der Waals surface area contributed by atoms with Crippen molar-refractivity contribution >= 4 is 23.2 Å². The van der Waals surface area contributed by atoms with Crippen LogP contribution in [0.1, 0.15) is 25.7 Å². The number of aromatic nitrogens is 2. The summed E-state index contributed by atoms with van der Waals surface area (Å²) in [5.74, 6) is 0.769. The van der Waals surface area contributed by atoms with Crippen LogP contribution in [0.2, 0.25) is 5.02 Å². The van der Waals surface area contributed by atoms with E-state index in [4.69, 9.17) is 21.0 Å². The van der Waals surface area contributed by atoms with E-state index in [1.54, 1.807) is 12.1 Å². The van der Waals surface area contributed by atoms with Gasteiger partial charge in [-0.15, -0.1) is 0 Å². The van der Waals surface area contributed by atoms with Gasteiger partial charge < -0.3 is 14.7 Å². The maximum absolute atomic E-state index is 12.0. The molecular weight excluding hydrogens is 332 g/mol. The summed E-state index contributed by atoms with van der Waals surface area (Å²) in [7, 11) is 0. The molecule has 2 heterocycles. The van der Waals surface area contributed by atoms with E-state index < -0.39 is 6.10 Å². The summed E-state index contributed by atoms with van der Waals surface area (Å²) >= 11 is 5.85. The number of amides is 1. The van der Waals surface area contributed by atoms with E-state index in [0.717, 1.165) is 17.7 Å². The van der Waals surface area contributed by atoms with Crippen molar-refractivity contribution < 1.29 is 14.2 Å².